The van der Waals surface area contributed by atoms with E-state index in [9.17, 15) is 4.79 Å². The van der Waals surface area contributed by atoms with Crippen molar-refractivity contribution in [3.05, 3.63) is 39.7 Å². The number of hydrogen-bond acceptors (Lipinski definition) is 3. The van der Waals surface area contributed by atoms with E-state index in [1.165, 1.54) is 0 Å². The molecule has 90 valence electrons. The van der Waals surface area contributed by atoms with Crippen molar-refractivity contribution >= 4 is 0 Å². The van der Waals surface area contributed by atoms with Gasteiger partial charge in [0.05, 0.1) is 18.4 Å². The number of nitrogens with one attached hydrogen (secondary N) is 2. The van der Waals surface area contributed by atoms with Gasteiger partial charge in [-0.3, -0.25) is 15.0 Å². The fourth-order valence-electron chi connectivity index (χ4n) is 1.83. The number of ether oxygens (including phenoxy) is 1. The van der Waals surface area contributed by atoms with Crippen LogP contribution in [0.2, 0.25) is 0 Å². The third-order valence-corrected chi connectivity index (χ3v) is 2.71. The molecule has 0 bridgehead atoms. The first kappa shape index (κ1) is 11.5. The number of aryl methyl sites for hydroxylation is 1. The van der Waals surface area contributed by atoms with Gasteiger partial charge in [-0.2, -0.15) is 0 Å². The van der Waals surface area contributed by atoms with Crippen LogP contribution in [0.3, 0.4) is 0 Å². The first-order chi connectivity index (χ1) is 8.17. The molecule has 0 aliphatic heterocycles. The molecule has 0 aliphatic rings. The Hall–Kier alpha value is -2.01. The molecule has 5 heteroatoms. The summed E-state index contributed by atoms with van der Waals surface area (Å²) in [5.41, 5.74) is 8.55. The molecule has 0 radical (unpaired) electrons. The molecule has 17 heavy (non-hydrogen) atoms. The number of hydrogen-bond donors (Lipinski definition) is 3. The molecular weight excluding hydrogens is 218 g/mol. The highest BCUT2D eigenvalue weighted by Gasteiger charge is 2.14. The van der Waals surface area contributed by atoms with Crippen molar-refractivity contribution in [3.63, 3.8) is 0 Å². The van der Waals surface area contributed by atoms with Gasteiger partial charge in [-0.25, -0.2) is 0 Å². The van der Waals surface area contributed by atoms with Gasteiger partial charge in [-0.15, -0.1) is 0 Å². The zero-order valence-electron chi connectivity index (χ0n) is 9.83. The van der Waals surface area contributed by atoms with Crippen molar-refractivity contribution in [2.45, 2.75) is 13.5 Å². The zero-order chi connectivity index (χ0) is 12.4. The molecule has 0 aliphatic carbocycles. The molecule has 0 atom stereocenters. The van der Waals surface area contributed by atoms with Crippen molar-refractivity contribution in [2.24, 2.45) is 5.73 Å². The zero-order valence-corrected chi connectivity index (χ0v) is 9.83. The molecule has 0 saturated heterocycles. The van der Waals surface area contributed by atoms with Gasteiger partial charge < -0.3 is 10.5 Å². The average Bonchev–Trinajstić information content (AvgIpc) is 2.70. The lowest BCUT2D eigenvalue weighted by Gasteiger charge is -2.09. The van der Waals surface area contributed by atoms with Gasteiger partial charge in [0.25, 0.3) is 5.56 Å². The van der Waals surface area contributed by atoms with Crippen LogP contribution in [-0.4, -0.2) is 17.3 Å². The van der Waals surface area contributed by atoms with Crippen LogP contribution in [-0.2, 0) is 6.54 Å². The monoisotopic (exact) mass is 233 g/mol. The Labute approximate surface area is 98.6 Å². The van der Waals surface area contributed by atoms with Crippen LogP contribution in [0.25, 0.3) is 11.3 Å². The van der Waals surface area contributed by atoms with E-state index in [-0.39, 0.29) is 12.1 Å². The highest BCUT2D eigenvalue weighted by Crippen LogP contribution is 2.30. The average molecular weight is 233 g/mol. The first-order valence-electron chi connectivity index (χ1n) is 5.32. The Kier molecular flexibility index (Phi) is 3.01. The van der Waals surface area contributed by atoms with E-state index >= 15 is 0 Å². The number of aromatic amines is 2. The number of rotatable bonds is 3. The van der Waals surface area contributed by atoms with Crippen LogP contribution in [0.15, 0.2) is 23.0 Å². The summed E-state index contributed by atoms with van der Waals surface area (Å²) in [5.74, 6) is 0.709. The first-order valence-corrected chi connectivity index (χ1v) is 5.32. The number of methoxy groups -OCH3 is 1. The predicted molar refractivity (Wildman–Crippen MR) is 66.0 cm³/mol. The molecule has 2 rings (SSSR count). The second-order valence-corrected chi connectivity index (χ2v) is 3.84. The second-order valence-electron chi connectivity index (χ2n) is 3.84. The second kappa shape index (κ2) is 4.47. The minimum absolute atomic E-state index is 0.186. The SMILES string of the molecule is COc1ccc(C)cc1-c1[nH][nH]c(=O)c1CN. The van der Waals surface area contributed by atoms with Gasteiger partial charge in [0.2, 0.25) is 0 Å². The molecule has 0 saturated carbocycles. The van der Waals surface area contributed by atoms with Gasteiger partial charge in [-0.05, 0) is 19.1 Å². The molecule has 5 nitrogen and oxygen atoms in total. The summed E-state index contributed by atoms with van der Waals surface area (Å²) in [5, 5.41) is 5.39. The summed E-state index contributed by atoms with van der Waals surface area (Å²) in [7, 11) is 1.60. The topological polar surface area (TPSA) is 83.9 Å². The number of nitrogens with two attached hydrogens (primary N) is 1. The van der Waals surface area contributed by atoms with Gasteiger partial charge >= 0.3 is 0 Å². The van der Waals surface area contributed by atoms with Crippen LogP contribution in [0.4, 0.5) is 0 Å². The molecule has 4 N–H and O–H groups in total. The predicted octanol–water partition coefficient (Wildman–Crippen LogP) is 1.15. The molecule has 1 heterocycles. The Bertz CT molecular complexity index is 584. The van der Waals surface area contributed by atoms with Crippen LogP contribution in [0.5, 0.6) is 5.75 Å². The summed E-state index contributed by atoms with van der Waals surface area (Å²) in [6.07, 6.45) is 0. The number of H-pyrrole nitrogens is 2. The van der Waals surface area contributed by atoms with Crippen molar-refractivity contribution in [3.8, 4) is 17.0 Å². The molecule has 0 spiro atoms. The molecule has 0 amide bonds. The van der Waals surface area contributed by atoms with Gasteiger partial charge in [-0.1, -0.05) is 11.6 Å². The maximum atomic E-state index is 11.5. The van der Waals surface area contributed by atoms with E-state index < -0.39 is 0 Å². The van der Waals surface area contributed by atoms with E-state index in [2.05, 4.69) is 10.2 Å². The van der Waals surface area contributed by atoms with E-state index in [1.807, 2.05) is 25.1 Å². The third-order valence-electron chi connectivity index (χ3n) is 2.71. The largest absolute Gasteiger partial charge is 0.496 e. The Balaban J connectivity index is 2.66. The maximum absolute atomic E-state index is 11.5. The summed E-state index contributed by atoms with van der Waals surface area (Å²) in [6.45, 7) is 2.17. The fourth-order valence-corrected chi connectivity index (χ4v) is 1.83. The van der Waals surface area contributed by atoms with Gasteiger partial charge in [0.1, 0.15) is 5.75 Å². The lowest BCUT2D eigenvalue weighted by molar-refractivity contribution is 0.416. The van der Waals surface area contributed by atoms with Crippen molar-refractivity contribution in [1.29, 1.82) is 0 Å². The molecule has 0 unspecified atom stereocenters. The maximum Gasteiger partial charge on any atom is 0.269 e. The van der Waals surface area contributed by atoms with Gasteiger partial charge in [0, 0.05) is 12.1 Å². The van der Waals surface area contributed by atoms with Gasteiger partial charge in [0.15, 0.2) is 0 Å². The minimum atomic E-state index is -0.189. The number of aromatic nitrogens is 2. The summed E-state index contributed by atoms with van der Waals surface area (Å²) >= 11 is 0. The quantitative estimate of drug-likeness (QED) is 0.743. The lowest BCUT2D eigenvalue weighted by atomic mass is 10.0. The molecule has 2 aromatic rings. The number of benzene rings is 1. The van der Waals surface area contributed by atoms with Crippen LogP contribution >= 0.6 is 0 Å². The van der Waals surface area contributed by atoms with E-state index in [4.69, 9.17) is 10.5 Å². The van der Waals surface area contributed by atoms with E-state index in [0.717, 1.165) is 11.1 Å². The molecule has 1 aromatic carbocycles. The van der Waals surface area contributed by atoms with Crippen molar-refractivity contribution in [2.75, 3.05) is 7.11 Å². The molecular formula is C12H15N3O2. The summed E-state index contributed by atoms with van der Waals surface area (Å²) in [4.78, 5) is 11.5. The van der Waals surface area contributed by atoms with Crippen LogP contribution in [0.1, 0.15) is 11.1 Å². The smallest absolute Gasteiger partial charge is 0.269 e. The Morgan fingerprint density at radius 1 is 1.35 bits per heavy atom. The minimum Gasteiger partial charge on any atom is -0.496 e. The highest BCUT2D eigenvalue weighted by molar-refractivity contribution is 5.70. The summed E-state index contributed by atoms with van der Waals surface area (Å²) in [6, 6.07) is 5.78. The third kappa shape index (κ3) is 1.97. The highest BCUT2D eigenvalue weighted by atomic mass is 16.5. The Morgan fingerprint density at radius 3 is 2.76 bits per heavy atom. The van der Waals surface area contributed by atoms with Crippen LogP contribution < -0.4 is 16.0 Å². The lowest BCUT2D eigenvalue weighted by Crippen LogP contribution is -2.10. The standard InChI is InChI=1S/C12H15N3O2/c1-7-3-4-10(17-2)8(5-7)11-9(6-13)12(16)15-14-11/h3-5H,6,13H2,1-2H3,(H2,14,15,16). The fraction of sp³-hybridized carbons (Fsp3) is 0.250. The summed E-state index contributed by atoms with van der Waals surface area (Å²) < 4.78 is 5.29. The van der Waals surface area contributed by atoms with Crippen molar-refractivity contribution < 1.29 is 4.74 Å². The normalized spacial score (nSPS) is 10.5. The molecule has 1 aromatic heterocycles. The molecule has 0 fully saturated rings. The van der Waals surface area contributed by atoms with E-state index in [1.54, 1.807) is 7.11 Å². The van der Waals surface area contributed by atoms with Crippen LogP contribution in [0, 0.1) is 6.92 Å². The Morgan fingerprint density at radius 2 is 2.12 bits per heavy atom. The van der Waals surface area contributed by atoms with Crippen molar-refractivity contribution in [1.82, 2.24) is 10.2 Å². The van der Waals surface area contributed by atoms with E-state index in [0.29, 0.717) is 17.0 Å².